The van der Waals surface area contributed by atoms with Crippen molar-refractivity contribution in [3.8, 4) is 0 Å². The number of benzene rings is 1. The van der Waals surface area contributed by atoms with Crippen LogP contribution in [-0.2, 0) is 11.3 Å². The lowest BCUT2D eigenvalue weighted by atomic mass is 9.96. The van der Waals surface area contributed by atoms with Gasteiger partial charge in [0.25, 0.3) is 0 Å². The number of rotatable bonds is 6. The van der Waals surface area contributed by atoms with Gasteiger partial charge in [-0.3, -0.25) is 9.69 Å². The Bertz CT molecular complexity index is 548. The number of nitrogens with one attached hydrogen (secondary N) is 2. The van der Waals surface area contributed by atoms with E-state index < -0.39 is 0 Å². The molecular formula is C20H31ClFN3O. The zero-order chi connectivity index (χ0) is 17.5. The number of likely N-dealkylation sites (tertiary alicyclic amines) is 1. The Morgan fingerprint density at radius 1 is 1.19 bits per heavy atom. The molecule has 0 spiro atoms. The highest BCUT2D eigenvalue weighted by molar-refractivity contribution is 5.85. The Hall–Kier alpha value is -1.17. The van der Waals surface area contributed by atoms with Crippen LogP contribution in [0.1, 0.15) is 44.1 Å². The molecule has 2 heterocycles. The van der Waals surface area contributed by atoms with Gasteiger partial charge in [0.15, 0.2) is 0 Å². The van der Waals surface area contributed by atoms with Crippen molar-refractivity contribution in [1.29, 1.82) is 0 Å². The molecule has 3 rings (SSSR count). The molecule has 2 saturated heterocycles. The van der Waals surface area contributed by atoms with E-state index in [9.17, 15) is 9.18 Å². The summed E-state index contributed by atoms with van der Waals surface area (Å²) < 4.78 is 13.1. The van der Waals surface area contributed by atoms with Gasteiger partial charge in [-0.15, -0.1) is 12.4 Å². The SMILES string of the molecule is Cl.O=C(NCCC1CCCNC1)C1CCCCN1Cc1ccc(F)cc1. The minimum Gasteiger partial charge on any atom is -0.355 e. The number of amides is 1. The van der Waals surface area contributed by atoms with Gasteiger partial charge in [0.1, 0.15) is 5.82 Å². The molecule has 0 aromatic heterocycles. The molecule has 1 amide bonds. The fourth-order valence-corrected chi connectivity index (χ4v) is 3.99. The van der Waals surface area contributed by atoms with Crippen molar-refractivity contribution in [2.24, 2.45) is 5.92 Å². The summed E-state index contributed by atoms with van der Waals surface area (Å²) >= 11 is 0. The zero-order valence-corrected chi connectivity index (χ0v) is 16.2. The molecule has 1 aromatic carbocycles. The average molecular weight is 384 g/mol. The standard InChI is InChI=1S/C20H30FN3O.ClH/c21-18-8-6-17(7-9-18)15-24-13-2-1-5-19(24)20(25)23-12-10-16-4-3-11-22-14-16;/h6-9,16,19,22H,1-5,10-15H2,(H,23,25);1H. The zero-order valence-electron chi connectivity index (χ0n) is 15.4. The molecule has 146 valence electrons. The van der Waals surface area contributed by atoms with E-state index >= 15 is 0 Å². The van der Waals surface area contributed by atoms with Crippen molar-refractivity contribution in [3.05, 3.63) is 35.6 Å². The molecular weight excluding hydrogens is 353 g/mol. The number of halogens is 2. The van der Waals surface area contributed by atoms with Crippen LogP contribution in [-0.4, -0.2) is 43.0 Å². The minimum atomic E-state index is -0.214. The van der Waals surface area contributed by atoms with E-state index in [1.54, 1.807) is 0 Å². The van der Waals surface area contributed by atoms with Crippen LogP contribution in [0, 0.1) is 11.7 Å². The summed E-state index contributed by atoms with van der Waals surface area (Å²) in [6.07, 6.45) is 6.71. The first-order chi connectivity index (χ1) is 12.2. The molecule has 2 N–H and O–H groups in total. The van der Waals surface area contributed by atoms with Crippen molar-refractivity contribution in [2.45, 2.75) is 51.1 Å². The smallest absolute Gasteiger partial charge is 0.237 e. The number of nitrogens with zero attached hydrogens (tertiary/aromatic N) is 1. The summed E-state index contributed by atoms with van der Waals surface area (Å²) in [7, 11) is 0. The Balaban J connectivity index is 0.00000243. The number of hydrogen-bond donors (Lipinski definition) is 2. The van der Waals surface area contributed by atoms with Gasteiger partial charge >= 0.3 is 0 Å². The van der Waals surface area contributed by atoms with Gasteiger partial charge in [-0.2, -0.15) is 0 Å². The van der Waals surface area contributed by atoms with Gasteiger partial charge in [-0.1, -0.05) is 18.6 Å². The van der Waals surface area contributed by atoms with Gasteiger partial charge < -0.3 is 10.6 Å². The van der Waals surface area contributed by atoms with Crippen LogP contribution in [0.15, 0.2) is 24.3 Å². The molecule has 6 heteroatoms. The number of carbonyl (C=O) groups is 1. The third-order valence-corrected chi connectivity index (χ3v) is 5.47. The molecule has 0 saturated carbocycles. The van der Waals surface area contributed by atoms with Crippen LogP contribution in [0.25, 0.3) is 0 Å². The van der Waals surface area contributed by atoms with E-state index in [2.05, 4.69) is 15.5 Å². The second kappa shape index (κ2) is 10.9. The summed E-state index contributed by atoms with van der Waals surface area (Å²) in [6, 6.07) is 6.56. The van der Waals surface area contributed by atoms with E-state index in [0.717, 1.165) is 57.4 Å². The van der Waals surface area contributed by atoms with E-state index in [0.29, 0.717) is 12.5 Å². The lowest BCUT2D eigenvalue weighted by Crippen LogP contribution is -2.49. The third kappa shape index (κ3) is 6.22. The normalized spacial score (nSPS) is 23.9. The van der Waals surface area contributed by atoms with E-state index in [1.807, 2.05) is 12.1 Å². The van der Waals surface area contributed by atoms with Crippen LogP contribution >= 0.6 is 12.4 Å². The summed E-state index contributed by atoms with van der Waals surface area (Å²) in [4.78, 5) is 14.9. The van der Waals surface area contributed by atoms with Gasteiger partial charge in [0.05, 0.1) is 6.04 Å². The Morgan fingerprint density at radius 2 is 2.00 bits per heavy atom. The molecule has 1 aromatic rings. The van der Waals surface area contributed by atoms with Crippen molar-refractivity contribution in [3.63, 3.8) is 0 Å². The maximum atomic E-state index is 13.1. The monoisotopic (exact) mass is 383 g/mol. The van der Waals surface area contributed by atoms with E-state index in [1.165, 1.54) is 25.0 Å². The third-order valence-electron chi connectivity index (χ3n) is 5.47. The largest absolute Gasteiger partial charge is 0.355 e. The van der Waals surface area contributed by atoms with Gasteiger partial charge in [-0.05, 0) is 75.4 Å². The molecule has 2 aliphatic heterocycles. The molecule has 4 nitrogen and oxygen atoms in total. The summed E-state index contributed by atoms with van der Waals surface area (Å²) in [5, 5.41) is 6.58. The quantitative estimate of drug-likeness (QED) is 0.793. The predicted octanol–water partition coefficient (Wildman–Crippen LogP) is 3.11. The molecule has 0 bridgehead atoms. The Morgan fingerprint density at radius 3 is 2.73 bits per heavy atom. The van der Waals surface area contributed by atoms with Crippen molar-refractivity contribution in [2.75, 3.05) is 26.2 Å². The summed E-state index contributed by atoms with van der Waals surface area (Å²) in [5.41, 5.74) is 1.06. The second-order valence-corrected chi connectivity index (χ2v) is 7.40. The fourth-order valence-electron chi connectivity index (χ4n) is 3.99. The maximum absolute atomic E-state index is 13.1. The average Bonchev–Trinajstić information content (AvgIpc) is 2.65. The lowest BCUT2D eigenvalue weighted by molar-refractivity contribution is -0.127. The molecule has 2 aliphatic rings. The molecule has 2 unspecified atom stereocenters. The molecule has 2 atom stereocenters. The van der Waals surface area contributed by atoms with Crippen LogP contribution in [0.3, 0.4) is 0 Å². The van der Waals surface area contributed by atoms with Crippen molar-refractivity contribution in [1.82, 2.24) is 15.5 Å². The topological polar surface area (TPSA) is 44.4 Å². The highest BCUT2D eigenvalue weighted by Crippen LogP contribution is 2.20. The molecule has 0 aliphatic carbocycles. The van der Waals surface area contributed by atoms with E-state index in [4.69, 9.17) is 0 Å². The van der Waals surface area contributed by atoms with Gasteiger partial charge in [-0.25, -0.2) is 4.39 Å². The predicted molar refractivity (Wildman–Crippen MR) is 105 cm³/mol. The Labute approximate surface area is 162 Å². The summed E-state index contributed by atoms with van der Waals surface area (Å²) in [5.74, 6) is 0.634. The maximum Gasteiger partial charge on any atom is 0.237 e. The van der Waals surface area contributed by atoms with E-state index in [-0.39, 0.29) is 30.2 Å². The summed E-state index contributed by atoms with van der Waals surface area (Å²) in [6.45, 7) is 4.62. The lowest BCUT2D eigenvalue weighted by Gasteiger charge is -2.35. The first-order valence-electron chi connectivity index (χ1n) is 9.69. The van der Waals surface area contributed by atoms with Crippen LogP contribution < -0.4 is 10.6 Å². The number of carbonyl (C=O) groups excluding carboxylic acids is 1. The van der Waals surface area contributed by atoms with Crippen LogP contribution in [0.4, 0.5) is 4.39 Å². The Kier molecular flexibility index (Phi) is 8.82. The first-order valence-corrected chi connectivity index (χ1v) is 9.69. The van der Waals surface area contributed by atoms with Crippen molar-refractivity contribution < 1.29 is 9.18 Å². The molecule has 0 radical (unpaired) electrons. The second-order valence-electron chi connectivity index (χ2n) is 7.40. The van der Waals surface area contributed by atoms with Crippen molar-refractivity contribution >= 4 is 18.3 Å². The number of piperidine rings is 2. The minimum absolute atomic E-state index is 0. The molecule has 26 heavy (non-hydrogen) atoms. The highest BCUT2D eigenvalue weighted by atomic mass is 35.5. The highest BCUT2D eigenvalue weighted by Gasteiger charge is 2.28. The first kappa shape index (κ1) is 21.1. The molecule has 2 fully saturated rings. The number of hydrogen-bond acceptors (Lipinski definition) is 3. The van der Waals surface area contributed by atoms with Crippen LogP contribution in [0.5, 0.6) is 0 Å². The van der Waals surface area contributed by atoms with Gasteiger partial charge in [0.2, 0.25) is 5.91 Å². The fraction of sp³-hybridized carbons (Fsp3) is 0.650. The van der Waals surface area contributed by atoms with Crippen LogP contribution in [0.2, 0.25) is 0 Å². The van der Waals surface area contributed by atoms with Gasteiger partial charge in [0, 0.05) is 13.1 Å².